The van der Waals surface area contributed by atoms with Gasteiger partial charge < -0.3 is 5.11 Å². The van der Waals surface area contributed by atoms with Crippen molar-refractivity contribution in [2.24, 2.45) is 0 Å². The van der Waals surface area contributed by atoms with Gasteiger partial charge in [0.05, 0.1) is 5.52 Å². The third-order valence-corrected chi connectivity index (χ3v) is 1.98. The van der Waals surface area contributed by atoms with E-state index in [0.717, 1.165) is 11.2 Å². The van der Waals surface area contributed by atoms with Gasteiger partial charge in [0.15, 0.2) is 0 Å². The number of carboxylic acids is 1. The Balaban J connectivity index is 0.000000203. The standard InChI is InChI=1S/C10H9N.C2HF3O2/c1-8-6-7-9-4-2-3-5-10(9)11-8;3-2(4,5)1(6)7/h2-7H,1H3;(H,6,7). The minimum absolute atomic E-state index is 1.07. The summed E-state index contributed by atoms with van der Waals surface area (Å²) in [5.41, 5.74) is 2.15. The molecule has 0 spiro atoms. The Morgan fingerprint density at radius 2 is 1.72 bits per heavy atom. The topological polar surface area (TPSA) is 50.2 Å². The van der Waals surface area contributed by atoms with Crippen LogP contribution in [0.2, 0.25) is 0 Å². The largest absolute Gasteiger partial charge is 0.490 e. The number of aliphatic carboxylic acids is 1. The highest BCUT2D eigenvalue weighted by molar-refractivity contribution is 5.78. The average molecular weight is 257 g/mol. The van der Waals surface area contributed by atoms with Crippen molar-refractivity contribution in [2.75, 3.05) is 0 Å². The molecule has 0 saturated heterocycles. The van der Waals surface area contributed by atoms with Gasteiger partial charge in [-0.2, -0.15) is 13.2 Å². The van der Waals surface area contributed by atoms with Gasteiger partial charge in [-0.3, -0.25) is 4.98 Å². The molecule has 0 atom stereocenters. The van der Waals surface area contributed by atoms with Gasteiger partial charge in [-0.15, -0.1) is 0 Å². The number of halogens is 3. The lowest BCUT2D eigenvalue weighted by molar-refractivity contribution is -0.192. The van der Waals surface area contributed by atoms with Gasteiger partial charge in [-0.25, -0.2) is 4.79 Å². The van der Waals surface area contributed by atoms with Crippen molar-refractivity contribution in [1.82, 2.24) is 4.98 Å². The number of benzene rings is 1. The van der Waals surface area contributed by atoms with E-state index in [4.69, 9.17) is 9.90 Å². The molecular formula is C12H10F3NO2. The summed E-state index contributed by atoms with van der Waals surface area (Å²) in [4.78, 5) is 13.3. The number of nitrogens with zero attached hydrogens (tertiary/aromatic N) is 1. The molecule has 96 valence electrons. The van der Waals surface area contributed by atoms with E-state index in [1.807, 2.05) is 31.2 Å². The summed E-state index contributed by atoms with van der Waals surface area (Å²) in [6, 6.07) is 12.3. The van der Waals surface area contributed by atoms with E-state index in [1.54, 1.807) is 0 Å². The number of aromatic nitrogens is 1. The van der Waals surface area contributed by atoms with Gasteiger partial charge in [-0.05, 0) is 19.1 Å². The Kier molecular flexibility index (Phi) is 4.25. The third kappa shape index (κ3) is 4.04. The predicted molar refractivity (Wildman–Crippen MR) is 60.2 cm³/mol. The molecule has 2 rings (SSSR count). The first-order chi connectivity index (χ1) is 8.30. The summed E-state index contributed by atoms with van der Waals surface area (Å²) in [6.07, 6.45) is -5.08. The van der Waals surface area contributed by atoms with Gasteiger partial charge in [0.25, 0.3) is 0 Å². The fraction of sp³-hybridized carbons (Fsp3) is 0.167. The SMILES string of the molecule is Cc1ccc2ccccc2n1.O=C(O)C(F)(F)F. The quantitative estimate of drug-likeness (QED) is 0.788. The maximum Gasteiger partial charge on any atom is 0.490 e. The molecule has 6 heteroatoms. The van der Waals surface area contributed by atoms with E-state index >= 15 is 0 Å². The number of aryl methyl sites for hydroxylation is 1. The molecule has 1 heterocycles. The number of hydrogen-bond donors (Lipinski definition) is 1. The number of para-hydroxylation sites is 1. The first-order valence-corrected chi connectivity index (χ1v) is 4.93. The van der Waals surface area contributed by atoms with Gasteiger partial charge in [-0.1, -0.05) is 24.3 Å². The molecule has 3 nitrogen and oxygen atoms in total. The Morgan fingerprint density at radius 1 is 1.17 bits per heavy atom. The van der Waals surface area contributed by atoms with Crippen LogP contribution in [0.5, 0.6) is 0 Å². The van der Waals surface area contributed by atoms with E-state index in [-0.39, 0.29) is 0 Å². The molecule has 18 heavy (non-hydrogen) atoms. The fourth-order valence-corrected chi connectivity index (χ4v) is 1.17. The Morgan fingerprint density at radius 3 is 2.28 bits per heavy atom. The zero-order valence-electron chi connectivity index (χ0n) is 9.40. The zero-order valence-corrected chi connectivity index (χ0v) is 9.40. The molecule has 0 aliphatic carbocycles. The first kappa shape index (κ1) is 14.0. The molecule has 0 amide bonds. The highest BCUT2D eigenvalue weighted by Crippen LogP contribution is 2.13. The van der Waals surface area contributed by atoms with Gasteiger partial charge >= 0.3 is 12.1 Å². The molecule has 1 aromatic heterocycles. The van der Waals surface area contributed by atoms with Crippen LogP contribution >= 0.6 is 0 Å². The minimum atomic E-state index is -5.08. The van der Waals surface area contributed by atoms with E-state index in [2.05, 4.69) is 17.1 Å². The third-order valence-electron chi connectivity index (χ3n) is 1.98. The van der Waals surface area contributed by atoms with Crippen LogP contribution < -0.4 is 0 Å². The Hall–Kier alpha value is -2.11. The van der Waals surface area contributed by atoms with Crippen LogP contribution in [0.15, 0.2) is 36.4 Å². The second-order valence-corrected chi connectivity index (χ2v) is 3.45. The van der Waals surface area contributed by atoms with Crippen molar-refractivity contribution < 1.29 is 23.1 Å². The number of carbonyl (C=O) groups is 1. The molecule has 0 unspecified atom stereocenters. The molecular weight excluding hydrogens is 247 g/mol. The summed E-state index contributed by atoms with van der Waals surface area (Å²) in [6.45, 7) is 2.01. The highest BCUT2D eigenvalue weighted by atomic mass is 19.4. The molecule has 0 radical (unpaired) electrons. The minimum Gasteiger partial charge on any atom is -0.475 e. The van der Waals surface area contributed by atoms with Crippen molar-refractivity contribution in [2.45, 2.75) is 13.1 Å². The van der Waals surface area contributed by atoms with E-state index in [0.29, 0.717) is 0 Å². The maximum atomic E-state index is 10.6. The first-order valence-electron chi connectivity index (χ1n) is 4.93. The monoisotopic (exact) mass is 257 g/mol. The summed E-state index contributed by atoms with van der Waals surface area (Å²) >= 11 is 0. The Bertz CT molecular complexity index is 552. The van der Waals surface area contributed by atoms with Crippen LogP contribution in [-0.4, -0.2) is 22.2 Å². The zero-order chi connectivity index (χ0) is 13.8. The second-order valence-electron chi connectivity index (χ2n) is 3.45. The van der Waals surface area contributed by atoms with Crippen LogP contribution in [0.25, 0.3) is 10.9 Å². The lowest BCUT2D eigenvalue weighted by Crippen LogP contribution is -2.21. The molecule has 1 aromatic carbocycles. The highest BCUT2D eigenvalue weighted by Gasteiger charge is 2.38. The van der Waals surface area contributed by atoms with E-state index in [9.17, 15) is 13.2 Å². The van der Waals surface area contributed by atoms with Crippen molar-refractivity contribution in [3.05, 3.63) is 42.1 Å². The number of alkyl halides is 3. The molecule has 1 N–H and O–H groups in total. The molecule has 0 aliphatic heterocycles. The van der Waals surface area contributed by atoms with Crippen molar-refractivity contribution in [3.8, 4) is 0 Å². The van der Waals surface area contributed by atoms with Crippen molar-refractivity contribution in [1.29, 1.82) is 0 Å². The number of rotatable bonds is 0. The van der Waals surface area contributed by atoms with Gasteiger partial charge in [0.2, 0.25) is 0 Å². The van der Waals surface area contributed by atoms with Crippen LogP contribution in [0.3, 0.4) is 0 Å². The van der Waals surface area contributed by atoms with E-state index in [1.165, 1.54) is 5.39 Å². The van der Waals surface area contributed by atoms with Crippen LogP contribution in [0, 0.1) is 6.92 Å². The molecule has 0 aliphatic rings. The summed E-state index contributed by atoms with van der Waals surface area (Å²) < 4.78 is 31.7. The summed E-state index contributed by atoms with van der Waals surface area (Å²) in [5.74, 6) is -2.76. The molecule has 0 fully saturated rings. The number of pyridine rings is 1. The number of carboxylic acid groups (broad SMARTS) is 1. The predicted octanol–water partition coefficient (Wildman–Crippen LogP) is 3.18. The van der Waals surface area contributed by atoms with Gasteiger partial charge in [0, 0.05) is 11.1 Å². The molecule has 2 aromatic rings. The average Bonchev–Trinajstić information content (AvgIpc) is 2.28. The lowest BCUT2D eigenvalue weighted by atomic mass is 10.2. The summed E-state index contributed by atoms with van der Waals surface area (Å²) in [5, 5.41) is 8.33. The van der Waals surface area contributed by atoms with E-state index < -0.39 is 12.1 Å². The fourth-order valence-electron chi connectivity index (χ4n) is 1.17. The van der Waals surface area contributed by atoms with Gasteiger partial charge in [0.1, 0.15) is 0 Å². The van der Waals surface area contributed by atoms with Crippen LogP contribution in [0.1, 0.15) is 5.69 Å². The second kappa shape index (κ2) is 5.48. The summed E-state index contributed by atoms with van der Waals surface area (Å²) in [7, 11) is 0. The maximum absolute atomic E-state index is 10.6. The molecule has 0 saturated carbocycles. The lowest BCUT2D eigenvalue weighted by Gasteiger charge is -1.95. The van der Waals surface area contributed by atoms with Crippen molar-refractivity contribution in [3.63, 3.8) is 0 Å². The number of fused-ring (bicyclic) bond motifs is 1. The Labute approximate surface area is 101 Å². The molecule has 0 bridgehead atoms. The van der Waals surface area contributed by atoms with Crippen LogP contribution in [0.4, 0.5) is 13.2 Å². The number of hydrogen-bond acceptors (Lipinski definition) is 2. The van der Waals surface area contributed by atoms with Crippen LogP contribution in [-0.2, 0) is 4.79 Å². The van der Waals surface area contributed by atoms with Crippen molar-refractivity contribution >= 4 is 16.9 Å². The normalized spacial score (nSPS) is 10.7. The smallest absolute Gasteiger partial charge is 0.475 e.